The number of aromatic nitrogens is 1. The van der Waals surface area contributed by atoms with Gasteiger partial charge in [-0.1, -0.05) is 12.1 Å². The Balaban J connectivity index is 2.05. The highest BCUT2D eigenvalue weighted by atomic mass is 16.5. The molecular weight excluding hydrogens is 200 g/mol. The van der Waals surface area contributed by atoms with Crippen LogP contribution in [0.25, 0.3) is 0 Å². The molecule has 1 aromatic carbocycles. The van der Waals surface area contributed by atoms with Gasteiger partial charge in [0.15, 0.2) is 0 Å². The summed E-state index contributed by atoms with van der Waals surface area (Å²) in [6.07, 6.45) is 3.40. The lowest BCUT2D eigenvalue weighted by Crippen LogP contribution is -2.00. The average Bonchev–Trinajstić information content (AvgIpc) is 2.29. The molecule has 0 spiro atoms. The molecule has 0 saturated heterocycles. The maximum Gasteiger partial charge on any atom is 0.138 e. The summed E-state index contributed by atoms with van der Waals surface area (Å²) in [4.78, 5) is 3.98. The lowest BCUT2D eigenvalue weighted by atomic mass is 10.1. The van der Waals surface area contributed by atoms with Gasteiger partial charge in [-0.15, -0.1) is 0 Å². The van der Waals surface area contributed by atoms with Gasteiger partial charge in [0, 0.05) is 17.4 Å². The molecule has 0 bridgehead atoms. The SMILES string of the molecule is Cc1ccc(COc2cccnc2)c(N)c1. The molecule has 16 heavy (non-hydrogen) atoms. The maximum atomic E-state index is 5.89. The van der Waals surface area contributed by atoms with E-state index >= 15 is 0 Å². The first-order valence-electron chi connectivity index (χ1n) is 5.13. The highest BCUT2D eigenvalue weighted by Gasteiger charge is 2.00. The molecule has 82 valence electrons. The molecule has 2 N–H and O–H groups in total. The summed E-state index contributed by atoms with van der Waals surface area (Å²) < 4.78 is 5.57. The Morgan fingerprint density at radius 1 is 1.31 bits per heavy atom. The summed E-state index contributed by atoms with van der Waals surface area (Å²) >= 11 is 0. The van der Waals surface area contributed by atoms with Crippen LogP contribution in [0.5, 0.6) is 5.75 Å². The first kappa shape index (κ1) is 10.5. The number of ether oxygens (including phenoxy) is 1. The maximum absolute atomic E-state index is 5.89. The van der Waals surface area contributed by atoms with Gasteiger partial charge >= 0.3 is 0 Å². The third-order valence-corrected chi connectivity index (χ3v) is 2.33. The zero-order chi connectivity index (χ0) is 11.4. The Morgan fingerprint density at radius 2 is 2.19 bits per heavy atom. The smallest absolute Gasteiger partial charge is 0.138 e. The van der Waals surface area contributed by atoms with Crippen molar-refractivity contribution in [2.75, 3.05) is 5.73 Å². The number of hydrogen-bond acceptors (Lipinski definition) is 3. The molecule has 0 saturated carbocycles. The van der Waals surface area contributed by atoms with Gasteiger partial charge in [-0.25, -0.2) is 0 Å². The summed E-state index contributed by atoms with van der Waals surface area (Å²) in [5, 5.41) is 0. The van der Waals surface area contributed by atoms with Crippen molar-refractivity contribution in [1.82, 2.24) is 4.98 Å². The minimum atomic E-state index is 0.470. The molecule has 2 rings (SSSR count). The number of nitrogens with zero attached hydrogens (tertiary/aromatic N) is 1. The molecule has 3 nitrogen and oxygen atoms in total. The van der Waals surface area contributed by atoms with Crippen LogP contribution in [-0.2, 0) is 6.61 Å². The third kappa shape index (κ3) is 2.51. The van der Waals surface area contributed by atoms with Crippen LogP contribution in [-0.4, -0.2) is 4.98 Å². The third-order valence-electron chi connectivity index (χ3n) is 2.33. The molecule has 0 atom stereocenters. The molecule has 0 aliphatic carbocycles. The Labute approximate surface area is 94.9 Å². The molecule has 0 fully saturated rings. The van der Waals surface area contributed by atoms with Crippen molar-refractivity contribution in [3.63, 3.8) is 0 Å². The van der Waals surface area contributed by atoms with E-state index in [1.807, 2.05) is 37.3 Å². The molecule has 1 heterocycles. The molecule has 1 aromatic heterocycles. The number of benzene rings is 1. The summed E-state index contributed by atoms with van der Waals surface area (Å²) in [7, 11) is 0. The summed E-state index contributed by atoms with van der Waals surface area (Å²) in [5.41, 5.74) is 8.81. The van der Waals surface area contributed by atoms with E-state index in [0.29, 0.717) is 6.61 Å². The Morgan fingerprint density at radius 3 is 2.88 bits per heavy atom. The van der Waals surface area contributed by atoms with E-state index in [9.17, 15) is 0 Å². The second-order valence-corrected chi connectivity index (χ2v) is 3.68. The van der Waals surface area contributed by atoms with Gasteiger partial charge in [0.25, 0.3) is 0 Å². The van der Waals surface area contributed by atoms with Crippen LogP contribution >= 0.6 is 0 Å². The summed E-state index contributed by atoms with van der Waals surface area (Å²) in [6.45, 7) is 2.49. The second-order valence-electron chi connectivity index (χ2n) is 3.68. The first-order chi connectivity index (χ1) is 7.75. The average molecular weight is 214 g/mol. The van der Waals surface area contributed by atoms with Gasteiger partial charge in [0.05, 0.1) is 6.20 Å². The van der Waals surface area contributed by atoms with E-state index in [-0.39, 0.29) is 0 Å². The fraction of sp³-hybridized carbons (Fsp3) is 0.154. The topological polar surface area (TPSA) is 48.1 Å². The molecule has 0 amide bonds. The number of nitrogen functional groups attached to an aromatic ring is 1. The second kappa shape index (κ2) is 4.66. The van der Waals surface area contributed by atoms with Gasteiger partial charge in [0.2, 0.25) is 0 Å². The van der Waals surface area contributed by atoms with E-state index in [0.717, 1.165) is 22.6 Å². The molecule has 2 aromatic rings. The molecule has 0 aliphatic heterocycles. The van der Waals surface area contributed by atoms with Gasteiger partial charge in [-0.05, 0) is 30.7 Å². The van der Waals surface area contributed by atoms with E-state index < -0.39 is 0 Å². The van der Waals surface area contributed by atoms with Crippen molar-refractivity contribution in [2.24, 2.45) is 0 Å². The number of anilines is 1. The number of rotatable bonds is 3. The predicted octanol–water partition coefficient (Wildman–Crippen LogP) is 2.55. The van der Waals surface area contributed by atoms with Crippen LogP contribution in [0, 0.1) is 6.92 Å². The van der Waals surface area contributed by atoms with Crippen LogP contribution in [0.15, 0.2) is 42.7 Å². The van der Waals surface area contributed by atoms with E-state index in [1.165, 1.54) is 0 Å². The monoisotopic (exact) mass is 214 g/mol. The number of hydrogen-bond donors (Lipinski definition) is 1. The van der Waals surface area contributed by atoms with E-state index in [4.69, 9.17) is 10.5 Å². The molecule has 0 radical (unpaired) electrons. The van der Waals surface area contributed by atoms with Gasteiger partial charge in [-0.3, -0.25) is 4.98 Å². The molecule has 0 unspecified atom stereocenters. The summed E-state index contributed by atoms with van der Waals surface area (Å²) in [5.74, 6) is 0.752. The standard InChI is InChI=1S/C13H14N2O/c1-10-4-5-11(13(14)7-10)9-16-12-3-2-6-15-8-12/h2-8H,9,14H2,1H3. The first-order valence-corrected chi connectivity index (χ1v) is 5.13. The van der Waals surface area contributed by atoms with Gasteiger partial charge in [-0.2, -0.15) is 0 Å². The van der Waals surface area contributed by atoms with Crippen LogP contribution < -0.4 is 10.5 Å². The van der Waals surface area contributed by atoms with Gasteiger partial charge in [0.1, 0.15) is 12.4 Å². The number of nitrogens with two attached hydrogens (primary N) is 1. The normalized spacial score (nSPS) is 10.1. The van der Waals surface area contributed by atoms with Crippen molar-refractivity contribution < 1.29 is 4.74 Å². The fourth-order valence-electron chi connectivity index (χ4n) is 1.44. The predicted molar refractivity (Wildman–Crippen MR) is 64.2 cm³/mol. The zero-order valence-corrected chi connectivity index (χ0v) is 9.18. The minimum Gasteiger partial charge on any atom is -0.487 e. The fourth-order valence-corrected chi connectivity index (χ4v) is 1.44. The van der Waals surface area contributed by atoms with Crippen LogP contribution in [0.2, 0.25) is 0 Å². The van der Waals surface area contributed by atoms with E-state index in [1.54, 1.807) is 12.4 Å². The van der Waals surface area contributed by atoms with Crippen LogP contribution in [0.3, 0.4) is 0 Å². The highest BCUT2D eigenvalue weighted by Crippen LogP contribution is 2.16. The Bertz CT molecular complexity index is 469. The number of pyridine rings is 1. The zero-order valence-electron chi connectivity index (χ0n) is 9.18. The van der Waals surface area contributed by atoms with Gasteiger partial charge < -0.3 is 10.5 Å². The number of aryl methyl sites for hydroxylation is 1. The minimum absolute atomic E-state index is 0.470. The molecule has 3 heteroatoms. The highest BCUT2D eigenvalue weighted by molar-refractivity contribution is 5.48. The quantitative estimate of drug-likeness (QED) is 0.799. The Kier molecular flexibility index (Phi) is 3.05. The lowest BCUT2D eigenvalue weighted by Gasteiger charge is -2.08. The molecule has 0 aliphatic rings. The van der Waals surface area contributed by atoms with Crippen molar-refractivity contribution >= 4 is 5.69 Å². The Hall–Kier alpha value is -2.03. The van der Waals surface area contributed by atoms with Crippen molar-refractivity contribution in [3.8, 4) is 5.75 Å². The van der Waals surface area contributed by atoms with Crippen LogP contribution in [0.1, 0.15) is 11.1 Å². The van der Waals surface area contributed by atoms with E-state index in [2.05, 4.69) is 4.98 Å². The summed E-state index contributed by atoms with van der Waals surface area (Å²) in [6, 6.07) is 9.67. The van der Waals surface area contributed by atoms with Crippen molar-refractivity contribution in [3.05, 3.63) is 53.9 Å². The lowest BCUT2D eigenvalue weighted by molar-refractivity contribution is 0.305. The van der Waals surface area contributed by atoms with Crippen molar-refractivity contribution in [2.45, 2.75) is 13.5 Å². The molecular formula is C13H14N2O. The largest absolute Gasteiger partial charge is 0.487 e. The van der Waals surface area contributed by atoms with Crippen molar-refractivity contribution in [1.29, 1.82) is 0 Å². The van der Waals surface area contributed by atoms with Crippen LogP contribution in [0.4, 0.5) is 5.69 Å².